The van der Waals surface area contributed by atoms with Gasteiger partial charge in [0.2, 0.25) is 0 Å². The smallest absolute Gasteiger partial charge is 0.255 e. The van der Waals surface area contributed by atoms with Gasteiger partial charge < -0.3 is 15.2 Å². The van der Waals surface area contributed by atoms with Crippen LogP contribution in [0.4, 0.5) is 5.69 Å². The zero-order valence-electron chi connectivity index (χ0n) is 11.2. The number of rotatable bonds is 4. The zero-order chi connectivity index (χ0) is 15.4. The Morgan fingerprint density at radius 2 is 1.76 bits per heavy atom. The van der Waals surface area contributed by atoms with Crippen molar-refractivity contribution in [2.75, 3.05) is 11.9 Å². The highest BCUT2D eigenvalue weighted by Crippen LogP contribution is 2.35. The molecule has 2 aromatic carbocycles. The lowest BCUT2D eigenvalue weighted by Gasteiger charge is -2.09. The summed E-state index contributed by atoms with van der Waals surface area (Å²) >= 11 is 6.44. The highest BCUT2D eigenvalue weighted by Gasteiger charge is 2.10. The van der Waals surface area contributed by atoms with Crippen LogP contribution in [0.1, 0.15) is 17.3 Å². The first-order chi connectivity index (χ1) is 10.0. The topological polar surface area (TPSA) is 58.6 Å². The summed E-state index contributed by atoms with van der Waals surface area (Å²) in [6, 6.07) is 10.2. The molecular formula is C15H13Br2NO3. The Hall–Kier alpha value is -1.53. The Morgan fingerprint density at radius 3 is 2.29 bits per heavy atom. The van der Waals surface area contributed by atoms with Crippen LogP contribution >= 0.6 is 31.9 Å². The standard InChI is InChI=1S/C15H13Br2NO3/c1-2-21-11-5-3-9(4-6-11)15(20)18-10-7-12(16)14(19)13(17)8-10/h3-8,19H,2H2,1H3,(H,18,20). The molecule has 0 atom stereocenters. The average Bonchev–Trinajstić information content (AvgIpc) is 2.45. The number of ether oxygens (including phenoxy) is 1. The second-order valence-corrected chi connectivity index (χ2v) is 5.91. The van der Waals surface area contributed by atoms with E-state index < -0.39 is 0 Å². The van der Waals surface area contributed by atoms with Gasteiger partial charge >= 0.3 is 0 Å². The zero-order valence-corrected chi connectivity index (χ0v) is 14.4. The van der Waals surface area contributed by atoms with Crippen LogP contribution in [0.15, 0.2) is 45.3 Å². The minimum Gasteiger partial charge on any atom is -0.506 e. The lowest BCUT2D eigenvalue weighted by atomic mass is 10.2. The molecule has 0 bridgehead atoms. The van der Waals surface area contributed by atoms with Crippen molar-refractivity contribution in [1.82, 2.24) is 0 Å². The van der Waals surface area contributed by atoms with E-state index in [2.05, 4.69) is 37.2 Å². The Balaban J connectivity index is 2.14. The van der Waals surface area contributed by atoms with E-state index in [4.69, 9.17) is 4.74 Å². The largest absolute Gasteiger partial charge is 0.506 e. The maximum Gasteiger partial charge on any atom is 0.255 e. The SMILES string of the molecule is CCOc1ccc(C(=O)Nc2cc(Br)c(O)c(Br)c2)cc1. The molecule has 0 unspecified atom stereocenters. The minimum absolute atomic E-state index is 0.0917. The van der Waals surface area contributed by atoms with E-state index in [1.807, 2.05) is 6.92 Å². The van der Waals surface area contributed by atoms with E-state index in [-0.39, 0.29) is 11.7 Å². The van der Waals surface area contributed by atoms with Crippen LogP contribution in [-0.2, 0) is 0 Å². The molecule has 0 aliphatic rings. The van der Waals surface area contributed by atoms with Crippen molar-refractivity contribution in [3.63, 3.8) is 0 Å². The highest BCUT2D eigenvalue weighted by atomic mass is 79.9. The van der Waals surface area contributed by atoms with Crippen LogP contribution < -0.4 is 10.1 Å². The number of aromatic hydroxyl groups is 1. The summed E-state index contributed by atoms with van der Waals surface area (Å²) < 4.78 is 6.33. The van der Waals surface area contributed by atoms with Crippen molar-refractivity contribution in [2.24, 2.45) is 0 Å². The monoisotopic (exact) mass is 413 g/mol. The average molecular weight is 415 g/mol. The molecule has 2 aromatic rings. The Kier molecular flexibility index (Phi) is 5.25. The van der Waals surface area contributed by atoms with Crippen LogP contribution in [0.2, 0.25) is 0 Å². The van der Waals surface area contributed by atoms with E-state index in [9.17, 15) is 9.90 Å². The Bertz CT molecular complexity index is 633. The van der Waals surface area contributed by atoms with Crippen molar-refractivity contribution in [2.45, 2.75) is 6.92 Å². The summed E-state index contributed by atoms with van der Waals surface area (Å²) in [5, 5.41) is 12.4. The fourth-order valence-corrected chi connectivity index (χ4v) is 2.90. The molecule has 0 aliphatic heterocycles. The summed E-state index contributed by atoms with van der Waals surface area (Å²) in [5.41, 5.74) is 1.10. The minimum atomic E-state index is -0.234. The number of halogens is 2. The van der Waals surface area contributed by atoms with Gasteiger partial charge in [-0.15, -0.1) is 0 Å². The van der Waals surface area contributed by atoms with E-state index in [1.54, 1.807) is 36.4 Å². The number of phenols is 1. The first kappa shape index (κ1) is 15.9. The molecule has 4 nitrogen and oxygen atoms in total. The molecule has 0 radical (unpaired) electrons. The number of nitrogens with one attached hydrogen (secondary N) is 1. The maximum absolute atomic E-state index is 12.1. The van der Waals surface area contributed by atoms with Crippen molar-refractivity contribution < 1.29 is 14.6 Å². The molecule has 0 aromatic heterocycles. The predicted molar refractivity (Wildman–Crippen MR) is 89.1 cm³/mol. The molecule has 0 aliphatic carbocycles. The van der Waals surface area contributed by atoms with Gasteiger partial charge in [0.05, 0.1) is 15.6 Å². The van der Waals surface area contributed by atoms with Crippen molar-refractivity contribution in [1.29, 1.82) is 0 Å². The third-order valence-electron chi connectivity index (χ3n) is 2.70. The summed E-state index contributed by atoms with van der Waals surface area (Å²) in [4.78, 5) is 12.1. The Morgan fingerprint density at radius 1 is 1.19 bits per heavy atom. The van der Waals surface area contributed by atoms with Gasteiger partial charge in [0, 0.05) is 11.3 Å². The molecule has 6 heteroatoms. The first-order valence-corrected chi connectivity index (χ1v) is 7.82. The van der Waals surface area contributed by atoms with Crippen LogP contribution in [0.25, 0.3) is 0 Å². The van der Waals surface area contributed by atoms with Gasteiger partial charge in [0.15, 0.2) is 0 Å². The number of hydrogen-bond donors (Lipinski definition) is 2. The maximum atomic E-state index is 12.1. The number of hydrogen-bond acceptors (Lipinski definition) is 3. The summed E-state index contributed by atoms with van der Waals surface area (Å²) in [6.45, 7) is 2.49. The van der Waals surface area contributed by atoms with Gasteiger partial charge in [-0.1, -0.05) is 0 Å². The number of phenolic OH excluding ortho intramolecular Hbond substituents is 1. The second kappa shape index (κ2) is 6.95. The lowest BCUT2D eigenvalue weighted by molar-refractivity contribution is 0.102. The number of carbonyl (C=O) groups excluding carboxylic acids is 1. The molecule has 1 amide bonds. The van der Waals surface area contributed by atoms with Gasteiger partial charge in [0.1, 0.15) is 11.5 Å². The van der Waals surface area contributed by atoms with Crippen LogP contribution in [0.3, 0.4) is 0 Å². The van der Waals surface area contributed by atoms with Crippen molar-refractivity contribution in [3.05, 3.63) is 50.9 Å². The molecule has 0 heterocycles. The molecule has 0 spiro atoms. The highest BCUT2D eigenvalue weighted by molar-refractivity contribution is 9.11. The van der Waals surface area contributed by atoms with Crippen molar-refractivity contribution in [3.8, 4) is 11.5 Å². The van der Waals surface area contributed by atoms with Gasteiger partial charge in [-0.25, -0.2) is 0 Å². The fourth-order valence-electron chi connectivity index (χ4n) is 1.71. The quantitative estimate of drug-likeness (QED) is 0.720. The molecule has 0 saturated heterocycles. The normalized spacial score (nSPS) is 10.2. The van der Waals surface area contributed by atoms with Gasteiger partial charge in [-0.3, -0.25) is 4.79 Å². The number of benzene rings is 2. The van der Waals surface area contributed by atoms with Crippen LogP contribution in [-0.4, -0.2) is 17.6 Å². The molecule has 0 fully saturated rings. The molecule has 21 heavy (non-hydrogen) atoms. The third-order valence-corrected chi connectivity index (χ3v) is 3.91. The predicted octanol–water partition coefficient (Wildman–Crippen LogP) is 4.57. The van der Waals surface area contributed by atoms with Gasteiger partial charge in [-0.2, -0.15) is 0 Å². The van der Waals surface area contributed by atoms with E-state index >= 15 is 0 Å². The van der Waals surface area contributed by atoms with Gasteiger partial charge in [-0.05, 0) is 75.2 Å². The van der Waals surface area contributed by atoms with E-state index in [0.717, 1.165) is 5.75 Å². The van der Waals surface area contributed by atoms with Gasteiger partial charge in [0.25, 0.3) is 5.91 Å². The summed E-state index contributed by atoms with van der Waals surface area (Å²) in [5.74, 6) is 0.584. The number of amides is 1. The van der Waals surface area contributed by atoms with E-state index in [1.165, 1.54) is 0 Å². The van der Waals surface area contributed by atoms with Crippen molar-refractivity contribution >= 4 is 43.5 Å². The Labute approximate surface area is 139 Å². The third kappa shape index (κ3) is 3.98. The lowest BCUT2D eigenvalue weighted by Crippen LogP contribution is -2.11. The molecule has 110 valence electrons. The van der Waals surface area contributed by atoms with Crippen LogP contribution in [0.5, 0.6) is 11.5 Å². The molecule has 2 rings (SSSR count). The fraction of sp³-hybridized carbons (Fsp3) is 0.133. The molecule has 0 saturated carbocycles. The summed E-state index contributed by atoms with van der Waals surface area (Å²) in [7, 11) is 0. The van der Waals surface area contributed by atoms with Crippen LogP contribution in [0, 0.1) is 0 Å². The number of anilines is 1. The first-order valence-electron chi connectivity index (χ1n) is 6.23. The van der Waals surface area contributed by atoms with E-state index in [0.29, 0.717) is 26.8 Å². The number of carbonyl (C=O) groups is 1. The molecular weight excluding hydrogens is 402 g/mol. The second-order valence-electron chi connectivity index (χ2n) is 4.20. The molecule has 2 N–H and O–H groups in total. The summed E-state index contributed by atoms with van der Waals surface area (Å²) in [6.07, 6.45) is 0.